The number of benzene rings is 1. The predicted molar refractivity (Wildman–Crippen MR) is 81.9 cm³/mol. The number of nitrogens with two attached hydrogens (primary N) is 1. The molecule has 3 rings (SSSR count). The molecule has 1 aliphatic carbocycles. The molecule has 1 fully saturated rings. The van der Waals surface area contributed by atoms with Crippen LogP contribution in [0.15, 0.2) is 22.7 Å². The first kappa shape index (κ1) is 13.5. The highest BCUT2D eigenvalue weighted by Gasteiger charge is 2.30. The van der Waals surface area contributed by atoms with Crippen LogP contribution in [-0.4, -0.2) is 20.2 Å². The van der Waals surface area contributed by atoms with E-state index in [0.29, 0.717) is 11.1 Å². The molecule has 0 aliphatic heterocycles. The summed E-state index contributed by atoms with van der Waals surface area (Å²) in [5.74, 6) is 0.783. The first-order valence-electron chi connectivity index (χ1n) is 6.88. The summed E-state index contributed by atoms with van der Waals surface area (Å²) in [6.45, 7) is 3.18. The zero-order chi connectivity index (χ0) is 14.2. The maximum Gasteiger partial charge on any atom is 0.182 e. The third-order valence-corrected chi connectivity index (χ3v) is 4.51. The summed E-state index contributed by atoms with van der Waals surface area (Å²) in [5, 5.41) is 12.2. The number of hydrogen-bond donors (Lipinski definition) is 1. The number of hydrogen-bond acceptors (Lipinski definition) is 4. The Balaban J connectivity index is 1.93. The Morgan fingerprint density at radius 2 is 2.05 bits per heavy atom. The molecular weight excluding hydrogens is 318 g/mol. The van der Waals surface area contributed by atoms with Gasteiger partial charge in [-0.3, -0.25) is 0 Å². The summed E-state index contributed by atoms with van der Waals surface area (Å²) >= 11 is 3.46. The van der Waals surface area contributed by atoms with Gasteiger partial charge in [0, 0.05) is 15.7 Å². The smallest absolute Gasteiger partial charge is 0.182 e. The van der Waals surface area contributed by atoms with Crippen molar-refractivity contribution in [1.29, 1.82) is 0 Å². The monoisotopic (exact) mass is 335 g/mol. The minimum Gasteiger partial charge on any atom is -0.399 e. The van der Waals surface area contributed by atoms with Gasteiger partial charge >= 0.3 is 0 Å². The van der Waals surface area contributed by atoms with Crippen molar-refractivity contribution in [3.8, 4) is 11.4 Å². The molecule has 0 saturated heterocycles. The molecular formula is C14H18BrN5. The standard InChI is InChI=1S/C14H18BrN5/c1-14(4-2-3-5-14)9-20-13(17-18-19-20)10-6-11(15)8-12(16)7-10/h6-8H,2-5,9,16H2,1H3. The van der Waals surface area contributed by atoms with Crippen molar-refractivity contribution in [3.63, 3.8) is 0 Å². The highest BCUT2D eigenvalue weighted by molar-refractivity contribution is 9.10. The van der Waals surface area contributed by atoms with Crippen molar-refractivity contribution in [2.45, 2.75) is 39.2 Å². The normalized spacial score (nSPS) is 17.5. The van der Waals surface area contributed by atoms with Crippen molar-refractivity contribution < 1.29 is 0 Å². The Morgan fingerprint density at radius 3 is 2.75 bits per heavy atom. The summed E-state index contributed by atoms with van der Waals surface area (Å²) in [6.07, 6.45) is 5.09. The highest BCUT2D eigenvalue weighted by Crippen LogP contribution is 2.39. The number of halogens is 1. The summed E-state index contributed by atoms with van der Waals surface area (Å²) in [7, 11) is 0. The van der Waals surface area contributed by atoms with Crippen LogP contribution >= 0.6 is 15.9 Å². The second kappa shape index (κ2) is 5.16. The molecule has 106 valence electrons. The Labute approximate surface area is 126 Å². The van der Waals surface area contributed by atoms with E-state index in [2.05, 4.69) is 38.4 Å². The van der Waals surface area contributed by atoms with E-state index < -0.39 is 0 Å². The molecule has 1 aromatic heterocycles. The number of aromatic nitrogens is 4. The fourth-order valence-corrected chi connectivity index (χ4v) is 3.52. The first-order valence-corrected chi connectivity index (χ1v) is 7.68. The largest absolute Gasteiger partial charge is 0.399 e. The lowest BCUT2D eigenvalue weighted by atomic mass is 9.89. The molecule has 0 radical (unpaired) electrons. The third kappa shape index (κ3) is 2.70. The van der Waals surface area contributed by atoms with Gasteiger partial charge in [0.05, 0.1) is 6.54 Å². The number of nitrogens with zero attached hydrogens (tertiary/aromatic N) is 4. The molecule has 1 heterocycles. The van der Waals surface area contributed by atoms with E-state index in [0.717, 1.165) is 22.4 Å². The van der Waals surface area contributed by atoms with Gasteiger partial charge in [0.15, 0.2) is 5.82 Å². The van der Waals surface area contributed by atoms with Crippen LogP contribution in [0.25, 0.3) is 11.4 Å². The third-order valence-electron chi connectivity index (χ3n) is 4.05. The van der Waals surface area contributed by atoms with E-state index in [1.165, 1.54) is 25.7 Å². The van der Waals surface area contributed by atoms with Gasteiger partial charge in [0.1, 0.15) is 0 Å². The van der Waals surface area contributed by atoms with Gasteiger partial charge < -0.3 is 5.73 Å². The Bertz CT molecular complexity index is 596. The van der Waals surface area contributed by atoms with Crippen molar-refractivity contribution in [1.82, 2.24) is 20.2 Å². The molecule has 1 saturated carbocycles. The summed E-state index contributed by atoms with van der Waals surface area (Å²) in [4.78, 5) is 0. The van der Waals surface area contributed by atoms with Gasteiger partial charge in [-0.2, -0.15) is 0 Å². The molecule has 1 aliphatic rings. The average molecular weight is 336 g/mol. The van der Waals surface area contributed by atoms with E-state index in [4.69, 9.17) is 5.73 Å². The van der Waals surface area contributed by atoms with Crippen molar-refractivity contribution in [2.75, 3.05) is 5.73 Å². The van der Waals surface area contributed by atoms with Gasteiger partial charge in [0.2, 0.25) is 0 Å². The predicted octanol–water partition coefficient (Wildman–Crippen LogP) is 3.27. The average Bonchev–Trinajstić information content (AvgIpc) is 2.98. The van der Waals surface area contributed by atoms with Gasteiger partial charge in [-0.25, -0.2) is 4.68 Å². The summed E-state index contributed by atoms with van der Waals surface area (Å²) < 4.78 is 2.85. The lowest BCUT2D eigenvalue weighted by molar-refractivity contribution is 0.267. The molecule has 0 atom stereocenters. The topological polar surface area (TPSA) is 69.6 Å². The van der Waals surface area contributed by atoms with Crippen LogP contribution in [0.3, 0.4) is 0 Å². The maximum atomic E-state index is 5.90. The van der Waals surface area contributed by atoms with Gasteiger partial charge in [-0.05, 0) is 46.9 Å². The second-order valence-electron chi connectivity index (χ2n) is 5.95. The lowest BCUT2D eigenvalue weighted by Crippen LogP contribution is -2.21. The molecule has 0 unspecified atom stereocenters. The van der Waals surface area contributed by atoms with E-state index in [1.807, 2.05) is 22.9 Å². The fraction of sp³-hybridized carbons (Fsp3) is 0.500. The minimum absolute atomic E-state index is 0.307. The molecule has 0 spiro atoms. The zero-order valence-electron chi connectivity index (χ0n) is 11.5. The molecule has 1 aromatic carbocycles. The highest BCUT2D eigenvalue weighted by atomic mass is 79.9. The van der Waals surface area contributed by atoms with Crippen molar-refractivity contribution in [2.24, 2.45) is 5.41 Å². The number of tetrazole rings is 1. The fourth-order valence-electron chi connectivity index (χ4n) is 3.01. The van der Waals surface area contributed by atoms with Crippen LogP contribution in [0.5, 0.6) is 0 Å². The molecule has 6 heteroatoms. The lowest BCUT2D eigenvalue weighted by Gasteiger charge is -2.23. The zero-order valence-corrected chi connectivity index (χ0v) is 13.1. The van der Waals surface area contributed by atoms with Crippen molar-refractivity contribution >= 4 is 21.6 Å². The van der Waals surface area contributed by atoms with E-state index in [1.54, 1.807) is 0 Å². The summed E-state index contributed by atoms with van der Waals surface area (Å²) in [6, 6.07) is 5.77. The molecule has 2 N–H and O–H groups in total. The van der Waals surface area contributed by atoms with Gasteiger partial charge in [0.25, 0.3) is 0 Å². The first-order chi connectivity index (χ1) is 9.56. The van der Waals surface area contributed by atoms with E-state index in [-0.39, 0.29) is 0 Å². The van der Waals surface area contributed by atoms with Gasteiger partial charge in [-0.15, -0.1) is 5.10 Å². The molecule has 0 amide bonds. The van der Waals surface area contributed by atoms with Gasteiger partial charge in [-0.1, -0.05) is 35.7 Å². The maximum absolute atomic E-state index is 5.90. The van der Waals surface area contributed by atoms with Crippen LogP contribution in [0.1, 0.15) is 32.6 Å². The van der Waals surface area contributed by atoms with Crippen LogP contribution in [-0.2, 0) is 6.54 Å². The molecule has 5 nitrogen and oxygen atoms in total. The quantitative estimate of drug-likeness (QED) is 0.874. The SMILES string of the molecule is CC1(Cn2nnnc2-c2cc(N)cc(Br)c2)CCCC1. The van der Waals surface area contributed by atoms with Crippen LogP contribution in [0, 0.1) is 5.41 Å². The number of nitrogen functional groups attached to an aromatic ring is 1. The van der Waals surface area contributed by atoms with E-state index >= 15 is 0 Å². The number of anilines is 1. The van der Waals surface area contributed by atoms with Crippen LogP contribution in [0.2, 0.25) is 0 Å². The van der Waals surface area contributed by atoms with E-state index in [9.17, 15) is 0 Å². The molecule has 20 heavy (non-hydrogen) atoms. The van der Waals surface area contributed by atoms with Crippen molar-refractivity contribution in [3.05, 3.63) is 22.7 Å². The molecule has 0 bridgehead atoms. The second-order valence-corrected chi connectivity index (χ2v) is 6.87. The molecule has 2 aromatic rings. The Hall–Kier alpha value is -1.43. The van der Waals surface area contributed by atoms with Crippen LogP contribution < -0.4 is 5.73 Å². The van der Waals surface area contributed by atoms with Crippen LogP contribution in [0.4, 0.5) is 5.69 Å². The summed E-state index contributed by atoms with van der Waals surface area (Å²) in [5.41, 5.74) is 7.86. The Kier molecular flexibility index (Phi) is 3.50. The number of rotatable bonds is 3. The Morgan fingerprint density at radius 1 is 1.30 bits per heavy atom. The minimum atomic E-state index is 0.307.